The molecule has 0 unspecified atom stereocenters. The maximum absolute atomic E-state index is 3.97. The van der Waals surface area contributed by atoms with E-state index in [1.165, 1.54) is 54.3 Å². The first-order chi connectivity index (χ1) is 18.7. The van der Waals surface area contributed by atoms with E-state index in [9.17, 15) is 0 Å². The van der Waals surface area contributed by atoms with E-state index < -0.39 is 16.1 Å². The van der Waals surface area contributed by atoms with Gasteiger partial charge in [-0.2, -0.15) is 0 Å². The predicted molar refractivity (Wildman–Crippen MR) is 175 cm³/mol. The van der Waals surface area contributed by atoms with Crippen molar-refractivity contribution in [3.05, 3.63) is 146 Å². The van der Waals surface area contributed by atoms with Gasteiger partial charge in [0.05, 0.1) is 16.1 Å². The van der Waals surface area contributed by atoms with Crippen LogP contribution >= 0.6 is 0 Å². The summed E-state index contributed by atoms with van der Waals surface area (Å²) in [5.41, 5.74) is 8.04. The second-order valence-electron chi connectivity index (χ2n) is 12.9. The Labute approximate surface area is 284 Å². The first-order valence-electron chi connectivity index (χ1n) is 14.1. The predicted octanol–water partition coefficient (Wildman–Crippen LogP) is 0.679. The van der Waals surface area contributed by atoms with E-state index in [0.29, 0.717) is 0 Å². The summed E-state index contributed by atoms with van der Waals surface area (Å²) >= 11 is 0. The summed E-state index contributed by atoms with van der Waals surface area (Å²) in [5.74, 6) is 0. The fourth-order valence-electron chi connectivity index (χ4n) is 6.46. The Morgan fingerprint density at radius 1 is 0.667 bits per heavy atom. The number of fused-ring (bicyclic) bond motifs is 2. The van der Waals surface area contributed by atoms with Crippen LogP contribution in [-0.4, -0.2) is 16.1 Å². The molecule has 0 aromatic heterocycles. The van der Waals surface area contributed by atoms with Crippen molar-refractivity contribution < 1.29 is 51.0 Å². The minimum absolute atomic E-state index is 0. The minimum atomic E-state index is -1.87. The zero-order valence-electron chi connectivity index (χ0n) is 25.3. The molecule has 0 N–H and O–H groups in total. The van der Waals surface area contributed by atoms with E-state index in [1.54, 1.807) is 10.4 Å². The van der Waals surface area contributed by atoms with Crippen molar-refractivity contribution in [2.45, 2.75) is 45.7 Å². The Kier molecular flexibility index (Phi) is 10.9. The van der Waals surface area contributed by atoms with Gasteiger partial charge in [0, 0.05) is 0 Å². The van der Waals surface area contributed by atoms with Crippen LogP contribution in [0.4, 0.5) is 0 Å². The molecule has 0 fully saturated rings. The number of hydrogen-bond acceptors (Lipinski definition) is 0. The third kappa shape index (κ3) is 6.15. The molecule has 0 atom stereocenters. The maximum Gasteiger partial charge on any atom is 3.00 e. The molecule has 4 aromatic rings. The Bertz CT molecular complexity index is 1840. The van der Waals surface area contributed by atoms with E-state index in [2.05, 4.69) is 149 Å². The van der Waals surface area contributed by atoms with Crippen LogP contribution in [0.25, 0.3) is 17.2 Å². The van der Waals surface area contributed by atoms with Crippen molar-refractivity contribution in [2.75, 3.05) is 0 Å². The van der Waals surface area contributed by atoms with Crippen molar-refractivity contribution >= 4 is 43.7 Å². The molecule has 0 saturated carbocycles. The van der Waals surface area contributed by atoms with E-state index in [1.807, 2.05) is 0 Å². The summed E-state index contributed by atoms with van der Waals surface area (Å²) < 4.78 is 0. The van der Waals surface area contributed by atoms with Gasteiger partial charge in [-0.05, 0) is 28.3 Å². The second-order valence-corrected chi connectivity index (χ2v) is 22.9. The van der Waals surface area contributed by atoms with Gasteiger partial charge in [0.25, 0.3) is 0 Å². The summed E-state index contributed by atoms with van der Waals surface area (Å²) in [6.07, 6.45) is 11.8. The van der Waals surface area contributed by atoms with Gasteiger partial charge < -0.3 is 24.8 Å². The average Bonchev–Trinajstić information content (AvgIpc) is 3.56. The van der Waals surface area contributed by atoms with Crippen LogP contribution in [0.15, 0.2) is 103 Å². The number of rotatable bonds is 5. The molecule has 0 nitrogen and oxygen atoms in total. The van der Waals surface area contributed by atoms with Gasteiger partial charge in [-0.1, -0.05) is 158 Å². The SMILES string of the molecule is C[Si](C)(C)c1c([Si](C)(C)C)c2c(c(C3=CC=CC3)c1=C(c1ccccc1)c1ccccc1)[C-]=c1ccccc1=2.[Cl-].[Cl-].[Zr+3]. The quantitative estimate of drug-likeness (QED) is 0.187. The van der Waals surface area contributed by atoms with E-state index >= 15 is 0 Å². The molecular formula is C37H37Cl2Si2Zr. The Hall–Kier alpha value is -2.00. The van der Waals surface area contributed by atoms with Gasteiger partial charge in [-0.3, -0.25) is 0 Å². The van der Waals surface area contributed by atoms with Gasteiger partial charge in [-0.25, -0.2) is 0 Å². The Morgan fingerprint density at radius 3 is 1.69 bits per heavy atom. The summed E-state index contributed by atoms with van der Waals surface area (Å²) in [6, 6.07) is 31.1. The number of benzene rings is 4. The molecule has 0 heterocycles. The Morgan fingerprint density at radius 2 is 1.19 bits per heavy atom. The standard InChI is InChI=1S/C37H37Si2.2ClH.Zr/c1-38(2,3)36-34-30-24-16-15-23-29(30)25-31(34)33(28-21-13-14-22-28)35(37(36)39(4,5)6)32(26-17-9-7-10-18-26)27-19-11-8-12-20-27;;;/h7-21,23-24H,22H2,1-6H3;2*1H;/q-1;;;+3/p-2. The molecule has 211 valence electrons. The number of allylic oxidation sites excluding steroid dienone is 4. The molecule has 2 aliphatic carbocycles. The fraction of sp³-hybridized carbons (Fsp3) is 0.189. The molecule has 0 saturated heterocycles. The number of halogens is 2. The van der Waals surface area contributed by atoms with Crippen LogP contribution in [0.2, 0.25) is 39.3 Å². The molecule has 0 aliphatic heterocycles. The average molecular weight is 700 g/mol. The summed E-state index contributed by atoms with van der Waals surface area (Å²) in [5, 5.41) is 8.81. The third-order valence-electron chi connectivity index (χ3n) is 7.92. The smallest absolute Gasteiger partial charge is 1.00 e. The monoisotopic (exact) mass is 697 g/mol. The molecule has 0 amide bonds. The second kappa shape index (κ2) is 13.3. The molecule has 4 aromatic carbocycles. The van der Waals surface area contributed by atoms with Crippen molar-refractivity contribution in [1.82, 2.24) is 0 Å². The van der Waals surface area contributed by atoms with Gasteiger partial charge in [0.15, 0.2) is 0 Å². The minimum Gasteiger partial charge on any atom is -1.00 e. The molecule has 6 rings (SSSR count). The van der Waals surface area contributed by atoms with Crippen LogP contribution in [0.3, 0.4) is 0 Å². The van der Waals surface area contributed by atoms with Gasteiger partial charge in [-0.15, -0.1) is 33.4 Å². The van der Waals surface area contributed by atoms with E-state index in [0.717, 1.165) is 6.42 Å². The van der Waals surface area contributed by atoms with Gasteiger partial charge >= 0.3 is 26.2 Å². The van der Waals surface area contributed by atoms with Gasteiger partial charge in [0.1, 0.15) is 0 Å². The molecule has 1 radical (unpaired) electrons. The molecule has 42 heavy (non-hydrogen) atoms. The third-order valence-corrected chi connectivity index (χ3v) is 12.2. The van der Waals surface area contributed by atoms with Gasteiger partial charge in [0.2, 0.25) is 0 Å². The molecule has 5 heteroatoms. The summed E-state index contributed by atoms with van der Waals surface area (Å²) in [7, 11) is -3.68. The summed E-state index contributed by atoms with van der Waals surface area (Å²) in [4.78, 5) is 0. The number of hydrogen-bond donors (Lipinski definition) is 0. The molecule has 0 spiro atoms. The summed E-state index contributed by atoms with van der Waals surface area (Å²) in [6.45, 7) is 15.3. The van der Waals surface area contributed by atoms with Crippen LogP contribution < -0.4 is 45.6 Å². The maximum atomic E-state index is 3.97. The van der Waals surface area contributed by atoms with E-state index in [-0.39, 0.29) is 51.0 Å². The van der Waals surface area contributed by atoms with Crippen LogP contribution in [0.5, 0.6) is 0 Å². The van der Waals surface area contributed by atoms with Crippen LogP contribution in [0, 0.1) is 10.4 Å². The first kappa shape index (κ1) is 34.5. The van der Waals surface area contributed by atoms with Crippen molar-refractivity contribution in [2.24, 2.45) is 0 Å². The zero-order chi connectivity index (χ0) is 27.4. The molecule has 2 aliphatic rings. The largest absolute Gasteiger partial charge is 3.00 e. The van der Waals surface area contributed by atoms with Crippen LogP contribution in [0.1, 0.15) is 28.7 Å². The Balaban J connectivity index is 0.00000161. The van der Waals surface area contributed by atoms with Crippen molar-refractivity contribution in [1.29, 1.82) is 0 Å². The van der Waals surface area contributed by atoms with Crippen molar-refractivity contribution in [3.63, 3.8) is 0 Å². The zero-order valence-corrected chi connectivity index (χ0v) is 31.2. The molecular weight excluding hydrogens is 663 g/mol. The van der Waals surface area contributed by atoms with Crippen LogP contribution in [-0.2, 0) is 26.2 Å². The van der Waals surface area contributed by atoms with E-state index in [4.69, 9.17) is 0 Å². The fourth-order valence-corrected chi connectivity index (χ4v) is 12.5. The molecule has 0 bridgehead atoms. The topological polar surface area (TPSA) is 0 Å². The first-order valence-corrected chi connectivity index (χ1v) is 21.1. The van der Waals surface area contributed by atoms with Crippen molar-refractivity contribution in [3.8, 4) is 0 Å². The normalized spacial score (nSPS) is 13.0.